The smallest absolute Gasteiger partial charge is 0.143 e. The van der Waals surface area contributed by atoms with Gasteiger partial charge in [-0.15, -0.1) is 11.3 Å². The highest BCUT2D eigenvalue weighted by molar-refractivity contribution is 7.17. The van der Waals surface area contributed by atoms with Crippen LogP contribution in [0.3, 0.4) is 0 Å². The summed E-state index contributed by atoms with van der Waals surface area (Å²) < 4.78 is 18.7. The van der Waals surface area contributed by atoms with E-state index in [1.807, 2.05) is 36.6 Å². The van der Waals surface area contributed by atoms with Crippen LogP contribution in [-0.4, -0.2) is 16.6 Å². The molecule has 2 heterocycles. The van der Waals surface area contributed by atoms with Gasteiger partial charge < -0.3 is 10.1 Å². The van der Waals surface area contributed by atoms with Gasteiger partial charge in [-0.1, -0.05) is 12.1 Å². The highest BCUT2D eigenvalue weighted by Gasteiger charge is 2.13. The number of hydrogen-bond donors (Lipinski definition) is 1. The van der Waals surface area contributed by atoms with Gasteiger partial charge in [0, 0.05) is 16.6 Å². The van der Waals surface area contributed by atoms with Crippen molar-refractivity contribution in [2.45, 2.75) is 6.92 Å². The predicted molar refractivity (Wildman–Crippen MR) is 104 cm³/mol. The molecule has 0 saturated heterocycles. The molecule has 0 amide bonds. The lowest BCUT2D eigenvalue weighted by atomic mass is 10.1. The third-order valence-corrected chi connectivity index (χ3v) is 4.84. The van der Waals surface area contributed by atoms with Gasteiger partial charge in [-0.2, -0.15) is 0 Å². The van der Waals surface area contributed by atoms with Crippen LogP contribution in [-0.2, 0) is 0 Å². The molecule has 2 aromatic heterocycles. The minimum atomic E-state index is -0.253. The molecule has 130 valence electrons. The van der Waals surface area contributed by atoms with E-state index in [4.69, 9.17) is 4.74 Å². The Labute approximate surface area is 154 Å². The fourth-order valence-corrected chi connectivity index (χ4v) is 3.67. The molecule has 0 unspecified atom stereocenters. The number of nitrogens with one attached hydrogen (secondary N) is 1. The molecule has 0 fully saturated rings. The highest BCUT2D eigenvalue weighted by Crippen LogP contribution is 2.37. The number of nitrogens with zero attached hydrogens (tertiary/aromatic N) is 2. The second-order valence-electron chi connectivity index (χ2n) is 5.64. The average Bonchev–Trinajstić information content (AvgIpc) is 3.09. The van der Waals surface area contributed by atoms with E-state index in [0.717, 1.165) is 38.6 Å². The molecule has 0 saturated carbocycles. The predicted octanol–water partition coefficient (Wildman–Crippen LogP) is 5.64. The summed E-state index contributed by atoms with van der Waals surface area (Å²) in [6.07, 6.45) is 1.55. The van der Waals surface area contributed by atoms with Crippen molar-refractivity contribution >= 4 is 33.1 Å². The maximum atomic E-state index is 13.3. The molecule has 6 heteroatoms. The van der Waals surface area contributed by atoms with Crippen LogP contribution >= 0.6 is 11.3 Å². The Kier molecular flexibility index (Phi) is 4.50. The number of ether oxygens (including phenoxy) is 1. The van der Waals surface area contributed by atoms with E-state index in [1.165, 1.54) is 12.1 Å². The van der Waals surface area contributed by atoms with E-state index in [-0.39, 0.29) is 5.82 Å². The SMILES string of the molecule is CCOc1ccc(Nc2ncnc3scc(-c4ccc(F)cc4)c23)cc1. The molecular weight excluding hydrogens is 349 g/mol. The van der Waals surface area contributed by atoms with Gasteiger partial charge in [-0.05, 0) is 48.9 Å². The zero-order valence-corrected chi connectivity index (χ0v) is 14.9. The van der Waals surface area contributed by atoms with Crippen LogP contribution in [0, 0.1) is 5.82 Å². The molecule has 0 atom stereocenters. The Morgan fingerprint density at radius 3 is 2.54 bits per heavy atom. The summed E-state index contributed by atoms with van der Waals surface area (Å²) >= 11 is 1.54. The van der Waals surface area contributed by atoms with E-state index in [1.54, 1.807) is 29.8 Å². The van der Waals surface area contributed by atoms with Crippen molar-refractivity contribution in [2.75, 3.05) is 11.9 Å². The molecule has 1 N–H and O–H groups in total. The van der Waals surface area contributed by atoms with Gasteiger partial charge in [0.1, 0.15) is 28.5 Å². The van der Waals surface area contributed by atoms with Gasteiger partial charge >= 0.3 is 0 Å². The average molecular weight is 365 g/mol. The van der Waals surface area contributed by atoms with E-state index in [2.05, 4.69) is 15.3 Å². The summed E-state index contributed by atoms with van der Waals surface area (Å²) in [5, 5.41) is 6.30. The number of fused-ring (bicyclic) bond motifs is 1. The van der Waals surface area contributed by atoms with E-state index >= 15 is 0 Å². The van der Waals surface area contributed by atoms with Crippen LogP contribution in [0.4, 0.5) is 15.9 Å². The number of hydrogen-bond acceptors (Lipinski definition) is 5. The lowest BCUT2D eigenvalue weighted by Gasteiger charge is -2.09. The highest BCUT2D eigenvalue weighted by atomic mass is 32.1. The topological polar surface area (TPSA) is 47.0 Å². The fourth-order valence-electron chi connectivity index (χ4n) is 2.75. The van der Waals surface area contributed by atoms with Crippen molar-refractivity contribution in [1.29, 1.82) is 0 Å². The van der Waals surface area contributed by atoms with Crippen LogP contribution < -0.4 is 10.1 Å². The minimum absolute atomic E-state index is 0.253. The molecule has 4 rings (SSSR count). The van der Waals surface area contributed by atoms with Crippen molar-refractivity contribution in [1.82, 2.24) is 9.97 Å². The van der Waals surface area contributed by atoms with Crippen molar-refractivity contribution in [3.05, 3.63) is 66.1 Å². The Hall–Kier alpha value is -2.99. The molecule has 0 aliphatic heterocycles. The van der Waals surface area contributed by atoms with E-state index in [9.17, 15) is 4.39 Å². The van der Waals surface area contributed by atoms with Crippen LogP contribution in [0.25, 0.3) is 21.3 Å². The number of thiophene rings is 1. The second kappa shape index (κ2) is 7.09. The first-order chi connectivity index (χ1) is 12.7. The summed E-state index contributed by atoms with van der Waals surface area (Å²) in [4.78, 5) is 9.66. The number of anilines is 2. The van der Waals surface area contributed by atoms with E-state index in [0.29, 0.717) is 6.61 Å². The third kappa shape index (κ3) is 3.23. The number of halogens is 1. The third-order valence-electron chi connectivity index (χ3n) is 3.95. The van der Waals surface area contributed by atoms with Crippen molar-refractivity contribution in [2.24, 2.45) is 0 Å². The summed E-state index contributed by atoms with van der Waals surface area (Å²) in [7, 11) is 0. The van der Waals surface area contributed by atoms with Gasteiger partial charge in [-0.25, -0.2) is 14.4 Å². The maximum absolute atomic E-state index is 13.3. The Bertz CT molecular complexity index is 1030. The lowest BCUT2D eigenvalue weighted by molar-refractivity contribution is 0.340. The zero-order chi connectivity index (χ0) is 17.9. The molecule has 0 spiro atoms. The zero-order valence-electron chi connectivity index (χ0n) is 14.1. The van der Waals surface area contributed by atoms with Crippen molar-refractivity contribution < 1.29 is 9.13 Å². The summed E-state index contributed by atoms with van der Waals surface area (Å²) in [6.45, 7) is 2.59. The quantitative estimate of drug-likeness (QED) is 0.497. The van der Waals surface area contributed by atoms with Crippen LogP contribution in [0.2, 0.25) is 0 Å². The maximum Gasteiger partial charge on any atom is 0.143 e. The molecule has 0 bridgehead atoms. The fraction of sp³-hybridized carbons (Fsp3) is 0.100. The molecule has 2 aromatic carbocycles. The number of aromatic nitrogens is 2. The molecule has 4 nitrogen and oxygen atoms in total. The number of benzene rings is 2. The first-order valence-electron chi connectivity index (χ1n) is 8.22. The van der Waals surface area contributed by atoms with Gasteiger partial charge in [-0.3, -0.25) is 0 Å². The Morgan fingerprint density at radius 2 is 1.81 bits per heavy atom. The van der Waals surface area contributed by atoms with Crippen LogP contribution in [0.15, 0.2) is 60.2 Å². The second-order valence-corrected chi connectivity index (χ2v) is 6.50. The van der Waals surface area contributed by atoms with Crippen molar-refractivity contribution in [3.63, 3.8) is 0 Å². The molecule has 0 aliphatic carbocycles. The normalized spacial score (nSPS) is 10.8. The molecule has 0 radical (unpaired) electrons. The molecule has 4 aromatic rings. The Balaban J connectivity index is 1.73. The lowest BCUT2D eigenvalue weighted by Crippen LogP contribution is -1.96. The Morgan fingerprint density at radius 1 is 1.04 bits per heavy atom. The van der Waals surface area contributed by atoms with Gasteiger partial charge in [0.05, 0.1) is 12.0 Å². The molecule has 26 heavy (non-hydrogen) atoms. The molecule has 0 aliphatic rings. The van der Waals surface area contributed by atoms with Gasteiger partial charge in [0.15, 0.2) is 0 Å². The van der Waals surface area contributed by atoms with Crippen LogP contribution in [0.1, 0.15) is 6.92 Å². The molecular formula is C20H16FN3OS. The monoisotopic (exact) mass is 365 g/mol. The number of rotatable bonds is 5. The largest absolute Gasteiger partial charge is 0.494 e. The summed E-state index contributed by atoms with van der Waals surface area (Å²) in [6, 6.07) is 14.2. The standard InChI is InChI=1S/C20H16FN3OS/c1-2-25-16-9-7-15(8-10-16)24-19-18-17(11-26-20(18)23-12-22-19)13-3-5-14(21)6-4-13/h3-12H,2H2,1H3,(H,22,23,24). The van der Waals surface area contributed by atoms with Crippen molar-refractivity contribution in [3.8, 4) is 16.9 Å². The summed E-state index contributed by atoms with van der Waals surface area (Å²) in [5.74, 6) is 1.30. The summed E-state index contributed by atoms with van der Waals surface area (Å²) in [5.41, 5.74) is 2.82. The van der Waals surface area contributed by atoms with Gasteiger partial charge in [0.2, 0.25) is 0 Å². The first kappa shape index (κ1) is 16.5. The minimum Gasteiger partial charge on any atom is -0.494 e. The van der Waals surface area contributed by atoms with Crippen LogP contribution in [0.5, 0.6) is 5.75 Å². The first-order valence-corrected chi connectivity index (χ1v) is 9.10. The van der Waals surface area contributed by atoms with E-state index < -0.39 is 0 Å². The van der Waals surface area contributed by atoms with Gasteiger partial charge in [0.25, 0.3) is 0 Å².